The van der Waals surface area contributed by atoms with Crippen molar-refractivity contribution in [2.75, 3.05) is 22.5 Å². The zero-order valence-corrected chi connectivity index (χ0v) is 22.3. The number of para-hydroxylation sites is 1. The lowest BCUT2D eigenvalue weighted by Gasteiger charge is -2.17. The maximum Gasteiger partial charge on any atom is 0.466 e. The van der Waals surface area contributed by atoms with E-state index in [0.29, 0.717) is 12.1 Å². The molecule has 3 aromatic rings. The van der Waals surface area contributed by atoms with Gasteiger partial charge in [0.25, 0.3) is 5.91 Å². The van der Waals surface area contributed by atoms with Crippen molar-refractivity contribution in [3.63, 3.8) is 0 Å². The average molecular weight is 568 g/mol. The second-order valence-electron chi connectivity index (χ2n) is 8.73. The molecule has 4 rings (SSSR count). The van der Waals surface area contributed by atoms with Crippen molar-refractivity contribution in [1.82, 2.24) is 4.98 Å². The summed E-state index contributed by atoms with van der Waals surface area (Å²) in [5, 5.41) is 9.80. The van der Waals surface area contributed by atoms with E-state index in [0.717, 1.165) is 29.2 Å². The molecule has 0 aliphatic carbocycles. The molecule has 2 aromatic carbocycles. The lowest BCUT2D eigenvalue weighted by molar-refractivity contribution is 0.102. The highest BCUT2D eigenvalue weighted by molar-refractivity contribution is 7.45. The number of benzene rings is 2. The Morgan fingerprint density at radius 1 is 0.947 bits per heavy atom. The summed E-state index contributed by atoms with van der Waals surface area (Å²) < 4.78 is 17.8. The number of hydrogen-bond acceptors (Lipinski definition) is 6. The molecule has 38 heavy (non-hydrogen) atoms. The van der Waals surface area contributed by atoms with Gasteiger partial charge in [-0.05, 0) is 47.5 Å². The summed E-state index contributed by atoms with van der Waals surface area (Å²) in [6.07, 6.45) is 3.53. The molecule has 0 radical (unpaired) electrons. The molecule has 0 saturated carbocycles. The van der Waals surface area contributed by atoms with Crippen LogP contribution in [0.15, 0.2) is 67.0 Å². The van der Waals surface area contributed by atoms with E-state index in [1.807, 2.05) is 48.5 Å². The third-order valence-electron chi connectivity index (χ3n) is 5.13. The number of carbonyl (C=O) groups is 1. The maximum absolute atomic E-state index is 12.9. The second kappa shape index (κ2) is 13.1. The Bertz CT molecular complexity index is 1290. The molecule has 1 aromatic heterocycles. The SMILES string of the molecule is CC1(C)CNc2cc(NC(=O)c3ccccc3NCc3ccncc3)ccc21.O=P(O)(O)O.O=P(O)(O)O. The summed E-state index contributed by atoms with van der Waals surface area (Å²) in [5.74, 6) is -0.130. The number of aromatic nitrogens is 1. The summed E-state index contributed by atoms with van der Waals surface area (Å²) in [5.41, 5.74) is 5.80. The van der Waals surface area contributed by atoms with E-state index in [9.17, 15) is 4.79 Å². The van der Waals surface area contributed by atoms with E-state index < -0.39 is 15.6 Å². The van der Waals surface area contributed by atoms with Crippen LogP contribution in [0, 0.1) is 0 Å². The van der Waals surface area contributed by atoms with Crippen LogP contribution in [0.25, 0.3) is 0 Å². The molecule has 0 fully saturated rings. The van der Waals surface area contributed by atoms with Crippen LogP contribution >= 0.6 is 15.6 Å². The van der Waals surface area contributed by atoms with Crippen LogP contribution in [-0.4, -0.2) is 46.8 Å². The summed E-state index contributed by atoms with van der Waals surface area (Å²) in [4.78, 5) is 60.0. The first kappa shape index (κ1) is 31.1. The fraction of sp³-hybridized carbons (Fsp3) is 0.217. The van der Waals surface area contributed by atoms with Crippen LogP contribution in [0.2, 0.25) is 0 Å². The monoisotopic (exact) mass is 568 g/mol. The van der Waals surface area contributed by atoms with E-state index in [1.165, 1.54) is 5.56 Å². The molecule has 0 unspecified atom stereocenters. The van der Waals surface area contributed by atoms with Crippen LogP contribution in [-0.2, 0) is 21.1 Å². The minimum Gasteiger partial charge on any atom is -0.384 e. The maximum atomic E-state index is 12.9. The molecular weight excluding hydrogens is 538 g/mol. The fourth-order valence-electron chi connectivity index (χ4n) is 3.50. The Labute approximate surface area is 219 Å². The molecule has 0 bridgehead atoms. The van der Waals surface area contributed by atoms with Gasteiger partial charge in [0.15, 0.2) is 0 Å². The highest BCUT2D eigenvalue weighted by Gasteiger charge is 2.29. The molecule has 9 N–H and O–H groups in total. The third kappa shape index (κ3) is 11.5. The molecule has 1 aliphatic rings. The molecule has 0 spiro atoms. The Morgan fingerprint density at radius 2 is 1.53 bits per heavy atom. The predicted molar refractivity (Wildman–Crippen MR) is 142 cm³/mol. The highest BCUT2D eigenvalue weighted by Crippen LogP contribution is 2.37. The van der Waals surface area contributed by atoms with Crippen molar-refractivity contribution >= 4 is 38.6 Å². The Balaban J connectivity index is 0.000000435. The summed E-state index contributed by atoms with van der Waals surface area (Å²) in [6.45, 7) is 5.97. The van der Waals surface area contributed by atoms with Gasteiger partial charge in [0.2, 0.25) is 0 Å². The number of anilines is 3. The van der Waals surface area contributed by atoms with Crippen molar-refractivity contribution < 1.29 is 43.3 Å². The van der Waals surface area contributed by atoms with E-state index >= 15 is 0 Å². The molecule has 15 heteroatoms. The number of pyridine rings is 1. The molecule has 1 amide bonds. The van der Waals surface area contributed by atoms with Gasteiger partial charge in [0.1, 0.15) is 0 Å². The molecule has 206 valence electrons. The zero-order valence-electron chi connectivity index (χ0n) is 20.5. The fourth-order valence-corrected chi connectivity index (χ4v) is 3.50. The van der Waals surface area contributed by atoms with E-state index in [-0.39, 0.29) is 11.3 Å². The minimum atomic E-state index is -4.64. The number of hydrogen-bond donors (Lipinski definition) is 9. The quantitative estimate of drug-likeness (QED) is 0.203. The normalized spacial score (nSPS) is 13.5. The van der Waals surface area contributed by atoms with Gasteiger partial charge in [0.05, 0.1) is 5.56 Å². The van der Waals surface area contributed by atoms with Gasteiger partial charge < -0.3 is 45.3 Å². The zero-order chi connectivity index (χ0) is 28.6. The molecule has 13 nitrogen and oxygen atoms in total. The van der Waals surface area contributed by atoms with Crippen molar-refractivity contribution in [3.8, 4) is 0 Å². The number of fused-ring (bicyclic) bond motifs is 1. The van der Waals surface area contributed by atoms with Gasteiger partial charge in [0, 0.05) is 48.0 Å². The van der Waals surface area contributed by atoms with Gasteiger partial charge in [-0.15, -0.1) is 0 Å². The molecule has 1 aliphatic heterocycles. The van der Waals surface area contributed by atoms with E-state index in [4.69, 9.17) is 38.5 Å². The summed E-state index contributed by atoms with van der Waals surface area (Å²) >= 11 is 0. The van der Waals surface area contributed by atoms with E-state index in [2.05, 4.69) is 40.8 Å². The smallest absolute Gasteiger partial charge is 0.384 e. The van der Waals surface area contributed by atoms with E-state index in [1.54, 1.807) is 12.4 Å². The lowest BCUT2D eigenvalue weighted by Crippen LogP contribution is -2.18. The van der Waals surface area contributed by atoms with Gasteiger partial charge in [-0.25, -0.2) is 9.13 Å². The molecule has 0 saturated heterocycles. The number of rotatable bonds is 5. The highest BCUT2D eigenvalue weighted by atomic mass is 31.2. The summed E-state index contributed by atoms with van der Waals surface area (Å²) in [6, 6.07) is 17.5. The first-order chi connectivity index (χ1) is 17.5. The molecule has 2 heterocycles. The van der Waals surface area contributed by atoms with Gasteiger partial charge in [-0.1, -0.05) is 32.0 Å². The van der Waals surface area contributed by atoms with Gasteiger partial charge >= 0.3 is 15.6 Å². The number of amides is 1. The molecule has 0 atom stereocenters. The topological polar surface area (TPSA) is 222 Å². The first-order valence-corrected chi connectivity index (χ1v) is 14.1. The number of nitrogens with zero attached hydrogens (tertiary/aromatic N) is 1. The average Bonchev–Trinajstić information content (AvgIpc) is 3.10. The minimum absolute atomic E-state index is 0.112. The molecular formula is C23H30N4O9P2. The van der Waals surface area contributed by atoms with Crippen molar-refractivity contribution in [3.05, 3.63) is 83.7 Å². The third-order valence-corrected chi connectivity index (χ3v) is 5.13. The standard InChI is InChI=1S/C23H24N4O.2H3O4P/c1-23(2)15-26-21-13-17(7-8-19(21)23)27-22(28)18-5-3-4-6-20(18)25-14-16-9-11-24-12-10-16;2*1-5(2,3)4/h3-13,25-26H,14-15H2,1-2H3,(H,27,28);2*(H3,1,2,3,4). The summed E-state index contributed by atoms with van der Waals surface area (Å²) in [7, 11) is -9.28. The van der Waals surface area contributed by atoms with Crippen molar-refractivity contribution in [2.45, 2.75) is 25.8 Å². The van der Waals surface area contributed by atoms with Crippen molar-refractivity contribution in [2.24, 2.45) is 0 Å². The predicted octanol–water partition coefficient (Wildman–Crippen LogP) is 2.79. The Morgan fingerprint density at radius 3 is 2.13 bits per heavy atom. The van der Waals surface area contributed by atoms with Crippen LogP contribution in [0.5, 0.6) is 0 Å². The van der Waals surface area contributed by atoms with Crippen LogP contribution in [0.1, 0.15) is 35.3 Å². The second-order valence-corrected chi connectivity index (χ2v) is 10.8. The van der Waals surface area contributed by atoms with Crippen molar-refractivity contribution in [1.29, 1.82) is 0 Å². The van der Waals surface area contributed by atoms with Crippen LogP contribution < -0.4 is 16.0 Å². The lowest BCUT2D eigenvalue weighted by atomic mass is 9.87. The van der Waals surface area contributed by atoms with Crippen LogP contribution in [0.3, 0.4) is 0 Å². The van der Waals surface area contributed by atoms with Gasteiger partial charge in [-0.3, -0.25) is 9.78 Å². The number of phosphoric acid groups is 2. The van der Waals surface area contributed by atoms with Crippen LogP contribution in [0.4, 0.5) is 17.1 Å². The number of carbonyl (C=O) groups excluding carboxylic acids is 1. The Hall–Kier alpha value is -3.12. The largest absolute Gasteiger partial charge is 0.466 e. The van der Waals surface area contributed by atoms with Gasteiger partial charge in [-0.2, -0.15) is 0 Å². The Kier molecular flexibility index (Phi) is 10.7. The first-order valence-electron chi connectivity index (χ1n) is 11.0. The number of nitrogens with one attached hydrogen (secondary N) is 3.